The highest BCUT2D eigenvalue weighted by Gasteiger charge is 2.21. The molecule has 0 aromatic heterocycles. The van der Waals surface area contributed by atoms with Gasteiger partial charge < -0.3 is 24.6 Å². The van der Waals surface area contributed by atoms with Gasteiger partial charge in [0.15, 0.2) is 5.96 Å². The molecule has 0 spiro atoms. The molecule has 2 rings (SSSR count). The fourth-order valence-electron chi connectivity index (χ4n) is 3.20. The Hall–Kier alpha value is -2.48. The summed E-state index contributed by atoms with van der Waals surface area (Å²) in [5, 5.41) is 3.30. The summed E-state index contributed by atoms with van der Waals surface area (Å²) < 4.78 is 10.8. The molecule has 0 aliphatic carbocycles. The quantitative estimate of drug-likeness (QED) is 0.550. The van der Waals surface area contributed by atoms with E-state index in [0.717, 1.165) is 55.7 Å². The monoisotopic (exact) mass is 391 g/mol. The smallest absolute Gasteiger partial charge is 0.223 e. The zero-order chi connectivity index (χ0) is 20.5. The van der Waals surface area contributed by atoms with Gasteiger partial charge in [-0.1, -0.05) is 0 Å². The first kappa shape index (κ1) is 21.8. The van der Waals surface area contributed by atoms with E-state index in [9.17, 15) is 4.79 Å². The fourth-order valence-corrected chi connectivity index (χ4v) is 3.20. The van der Waals surface area contributed by atoms with Crippen LogP contribution >= 0.6 is 0 Å². The molecule has 1 saturated heterocycles. The predicted molar refractivity (Wildman–Crippen MR) is 111 cm³/mol. The molecule has 0 unspecified atom stereocenters. The number of hydrogen-bond donors (Lipinski definition) is 1. The van der Waals surface area contributed by atoms with Crippen LogP contribution in [0.4, 0.5) is 0 Å². The first-order valence-electron chi connectivity index (χ1n) is 9.57. The second-order valence-electron chi connectivity index (χ2n) is 6.95. The molecular weight excluding hydrogens is 358 g/mol. The summed E-state index contributed by atoms with van der Waals surface area (Å²) in [4.78, 5) is 22.3. The molecule has 0 saturated carbocycles. The lowest BCUT2D eigenvalue weighted by Gasteiger charge is -2.36. The summed E-state index contributed by atoms with van der Waals surface area (Å²) in [7, 11) is 8.69. The largest absolute Gasteiger partial charge is 0.497 e. The average molecular weight is 392 g/mol. The van der Waals surface area contributed by atoms with E-state index in [0.29, 0.717) is 13.0 Å². The van der Waals surface area contributed by atoms with Crippen molar-refractivity contribution < 1.29 is 14.3 Å². The molecule has 1 aromatic rings. The van der Waals surface area contributed by atoms with Crippen molar-refractivity contribution in [1.29, 1.82) is 0 Å². The van der Waals surface area contributed by atoms with Gasteiger partial charge in [0.05, 0.1) is 14.2 Å². The molecule has 0 radical (unpaired) electrons. The number of carbonyl (C=O) groups excluding carboxylic acids is 1. The Morgan fingerprint density at radius 3 is 2.46 bits per heavy atom. The molecule has 8 heteroatoms. The Kier molecular flexibility index (Phi) is 8.38. The van der Waals surface area contributed by atoms with E-state index in [1.54, 1.807) is 40.3 Å². The molecule has 1 aliphatic rings. The molecule has 1 heterocycles. The highest BCUT2D eigenvalue weighted by Crippen LogP contribution is 2.25. The highest BCUT2D eigenvalue weighted by molar-refractivity contribution is 5.81. The minimum Gasteiger partial charge on any atom is -0.497 e. The van der Waals surface area contributed by atoms with Crippen LogP contribution in [0.2, 0.25) is 0 Å². The van der Waals surface area contributed by atoms with Crippen molar-refractivity contribution in [2.24, 2.45) is 4.99 Å². The number of aliphatic imine (C=N–C) groups is 1. The second-order valence-corrected chi connectivity index (χ2v) is 6.95. The third kappa shape index (κ3) is 6.02. The number of guanidine groups is 1. The van der Waals surface area contributed by atoms with Crippen LogP contribution in [0.3, 0.4) is 0 Å². The molecule has 28 heavy (non-hydrogen) atoms. The fraction of sp³-hybridized carbons (Fsp3) is 0.600. The highest BCUT2D eigenvalue weighted by atomic mass is 16.5. The van der Waals surface area contributed by atoms with Gasteiger partial charge >= 0.3 is 0 Å². The lowest BCUT2D eigenvalue weighted by Crippen LogP contribution is -2.52. The molecule has 1 aromatic carbocycles. The lowest BCUT2D eigenvalue weighted by atomic mass is 10.1. The Morgan fingerprint density at radius 1 is 1.18 bits per heavy atom. The van der Waals surface area contributed by atoms with Gasteiger partial charge in [0.1, 0.15) is 11.5 Å². The molecule has 8 nitrogen and oxygen atoms in total. The molecule has 1 N–H and O–H groups in total. The van der Waals surface area contributed by atoms with Crippen molar-refractivity contribution in [2.75, 3.05) is 68.1 Å². The van der Waals surface area contributed by atoms with Crippen LogP contribution in [-0.4, -0.2) is 94.7 Å². The van der Waals surface area contributed by atoms with Crippen molar-refractivity contribution in [3.63, 3.8) is 0 Å². The maximum absolute atomic E-state index is 11.7. The Labute approximate surface area is 168 Å². The van der Waals surface area contributed by atoms with Gasteiger partial charge in [0.2, 0.25) is 5.91 Å². The molecule has 1 aliphatic heterocycles. The molecule has 156 valence electrons. The lowest BCUT2D eigenvalue weighted by molar-refractivity contribution is -0.128. The van der Waals surface area contributed by atoms with Gasteiger partial charge in [-0.05, 0) is 18.2 Å². The second kappa shape index (κ2) is 10.8. The number of carbonyl (C=O) groups is 1. The van der Waals surface area contributed by atoms with E-state index in [1.165, 1.54) is 0 Å². The van der Waals surface area contributed by atoms with Crippen LogP contribution in [0.25, 0.3) is 0 Å². The Bertz CT molecular complexity index is 670. The van der Waals surface area contributed by atoms with Gasteiger partial charge in [0, 0.05) is 72.4 Å². The van der Waals surface area contributed by atoms with E-state index < -0.39 is 0 Å². The van der Waals surface area contributed by atoms with Gasteiger partial charge in [-0.3, -0.25) is 14.7 Å². The van der Waals surface area contributed by atoms with Crippen molar-refractivity contribution in [1.82, 2.24) is 20.0 Å². The Balaban J connectivity index is 1.85. The number of piperazine rings is 1. The zero-order valence-electron chi connectivity index (χ0n) is 17.7. The molecule has 0 bridgehead atoms. The van der Waals surface area contributed by atoms with E-state index in [4.69, 9.17) is 9.47 Å². The third-order valence-electron chi connectivity index (χ3n) is 4.89. The van der Waals surface area contributed by atoms with Gasteiger partial charge in [-0.2, -0.15) is 0 Å². The SMILES string of the molecule is CN=C(NCCC(=O)N(C)C)N1CCN(Cc2cc(OC)ccc2OC)CC1. The van der Waals surface area contributed by atoms with E-state index in [2.05, 4.69) is 20.1 Å². The number of methoxy groups -OCH3 is 2. The maximum Gasteiger partial charge on any atom is 0.223 e. The minimum atomic E-state index is 0.111. The standard InChI is InChI=1S/C20H33N5O3/c1-21-20(22-9-8-19(26)23(2)3)25-12-10-24(11-13-25)15-16-14-17(27-4)6-7-18(16)28-5/h6-7,14H,8-13,15H2,1-5H3,(H,21,22). The normalized spacial score (nSPS) is 15.3. The maximum atomic E-state index is 11.7. The van der Waals surface area contributed by atoms with Crippen molar-refractivity contribution in [3.8, 4) is 11.5 Å². The number of hydrogen-bond acceptors (Lipinski definition) is 5. The summed E-state index contributed by atoms with van der Waals surface area (Å²) in [6.07, 6.45) is 0.460. The number of rotatable bonds is 7. The van der Waals surface area contributed by atoms with Crippen LogP contribution in [0.1, 0.15) is 12.0 Å². The van der Waals surface area contributed by atoms with Crippen molar-refractivity contribution in [3.05, 3.63) is 23.8 Å². The summed E-state index contributed by atoms with van der Waals surface area (Å²) in [5.74, 6) is 2.68. The van der Waals surface area contributed by atoms with E-state index in [-0.39, 0.29) is 5.91 Å². The van der Waals surface area contributed by atoms with Crippen molar-refractivity contribution >= 4 is 11.9 Å². The number of nitrogens with zero attached hydrogens (tertiary/aromatic N) is 4. The summed E-state index contributed by atoms with van der Waals surface area (Å²) in [6, 6.07) is 5.90. The topological polar surface area (TPSA) is 69.6 Å². The number of amides is 1. The third-order valence-corrected chi connectivity index (χ3v) is 4.89. The van der Waals surface area contributed by atoms with Crippen LogP contribution < -0.4 is 14.8 Å². The summed E-state index contributed by atoms with van der Waals surface area (Å²) in [5.41, 5.74) is 1.13. The van der Waals surface area contributed by atoms with E-state index in [1.807, 2.05) is 18.2 Å². The Morgan fingerprint density at radius 2 is 1.89 bits per heavy atom. The summed E-state index contributed by atoms with van der Waals surface area (Å²) >= 11 is 0. The average Bonchev–Trinajstić information content (AvgIpc) is 2.71. The minimum absolute atomic E-state index is 0.111. The van der Waals surface area contributed by atoms with Crippen LogP contribution in [0.5, 0.6) is 11.5 Å². The zero-order valence-corrected chi connectivity index (χ0v) is 17.7. The number of nitrogens with one attached hydrogen (secondary N) is 1. The van der Waals surface area contributed by atoms with Gasteiger partial charge in [0.25, 0.3) is 0 Å². The predicted octanol–water partition coefficient (Wildman–Crippen LogP) is 0.875. The molecular formula is C20H33N5O3. The van der Waals surface area contributed by atoms with Crippen LogP contribution in [0, 0.1) is 0 Å². The number of benzene rings is 1. The first-order valence-corrected chi connectivity index (χ1v) is 9.57. The first-order chi connectivity index (χ1) is 13.5. The molecule has 1 fully saturated rings. The summed E-state index contributed by atoms with van der Waals surface area (Å²) in [6.45, 7) is 5.03. The van der Waals surface area contributed by atoms with E-state index >= 15 is 0 Å². The van der Waals surface area contributed by atoms with Gasteiger partial charge in [-0.15, -0.1) is 0 Å². The number of ether oxygens (including phenoxy) is 2. The van der Waals surface area contributed by atoms with Crippen molar-refractivity contribution in [2.45, 2.75) is 13.0 Å². The molecule has 1 amide bonds. The molecule has 0 atom stereocenters. The van der Waals surface area contributed by atoms with Crippen LogP contribution in [0.15, 0.2) is 23.2 Å². The van der Waals surface area contributed by atoms with Crippen LogP contribution in [-0.2, 0) is 11.3 Å². The van der Waals surface area contributed by atoms with Gasteiger partial charge in [-0.25, -0.2) is 0 Å².